The van der Waals surface area contributed by atoms with Crippen LogP contribution in [0.5, 0.6) is 5.75 Å². The monoisotopic (exact) mass is 383 g/mol. The standard InChI is InChI=1S/C20H18ClN3O3/c1-13-3-6-15(21)11-18(13)22-19(25)12-24-20(26)10-9-17(23-24)14-4-7-16(27-2)8-5-14/h3-11H,12H2,1-2H3,(H,22,25). The predicted octanol–water partition coefficient (Wildman–Crippen LogP) is 3.52. The van der Waals surface area contributed by atoms with Gasteiger partial charge >= 0.3 is 0 Å². The molecule has 3 rings (SSSR count). The van der Waals surface area contributed by atoms with Gasteiger partial charge in [-0.2, -0.15) is 5.10 Å². The topological polar surface area (TPSA) is 73.2 Å². The van der Waals surface area contributed by atoms with Crippen molar-refractivity contribution < 1.29 is 9.53 Å². The maximum Gasteiger partial charge on any atom is 0.267 e. The van der Waals surface area contributed by atoms with Crippen LogP contribution in [-0.4, -0.2) is 22.8 Å². The van der Waals surface area contributed by atoms with Crippen LogP contribution in [0.1, 0.15) is 5.56 Å². The summed E-state index contributed by atoms with van der Waals surface area (Å²) in [4.78, 5) is 24.4. The first-order valence-corrected chi connectivity index (χ1v) is 8.62. The average molecular weight is 384 g/mol. The van der Waals surface area contributed by atoms with E-state index in [1.54, 1.807) is 37.4 Å². The van der Waals surface area contributed by atoms with Gasteiger partial charge in [-0.1, -0.05) is 17.7 Å². The van der Waals surface area contributed by atoms with Crippen molar-refractivity contribution in [3.8, 4) is 17.0 Å². The van der Waals surface area contributed by atoms with Crippen LogP contribution in [0.3, 0.4) is 0 Å². The van der Waals surface area contributed by atoms with Crippen molar-refractivity contribution in [1.82, 2.24) is 9.78 Å². The van der Waals surface area contributed by atoms with E-state index >= 15 is 0 Å². The third-order valence-corrected chi connectivity index (χ3v) is 4.25. The molecule has 7 heteroatoms. The molecular formula is C20H18ClN3O3. The first-order valence-electron chi connectivity index (χ1n) is 8.25. The largest absolute Gasteiger partial charge is 0.497 e. The number of methoxy groups -OCH3 is 1. The molecule has 1 amide bonds. The predicted molar refractivity (Wildman–Crippen MR) is 105 cm³/mol. The molecule has 2 aromatic carbocycles. The Morgan fingerprint density at radius 1 is 1.15 bits per heavy atom. The van der Waals surface area contributed by atoms with Crippen molar-refractivity contribution in [3.05, 3.63) is 75.5 Å². The Kier molecular flexibility index (Phi) is 5.57. The second kappa shape index (κ2) is 8.05. The number of aromatic nitrogens is 2. The summed E-state index contributed by atoms with van der Waals surface area (Å²) in [6.45, 7) is 1.66. The number of hydrogen-bond donors (Lipinski definition) is 1. The third kappa shape index (κ3) is 4.54. The number of anilines is 1. The molecule has 0 unspecified atom stereocenters. The van der Waals surface area contributed by atoms with Gasteiger partial charge < -0.3 is 10.1 Å². The van der Waals surface area contributed by atoms with E-state index in [0.29, 0.717) is 16.4 Å². The highest BCUT2D eigenvalue weighted by Crippen LogP contribution is 2.21. The second-order valence-electron chi connectivity index (χ2n) is 5.95. The van der Waals surface area contributed by atoms with E-state index in [2.05, 4.69) is 10.4 Å². The number of aryl methyl sites for hydroxylation is 1. The van der Waals surface area contributed by atoms with Crippen LogP contribution in [0.25, 0.3) is 11.3 Å². The first kappa shape index (κ1) is 18.7. The zero-order valence-electron chi connectivity index (χ0n) is 14.9. The fourth-order valence-electron chi connectivity index (χ4n) is 2.53. The van der Waals surface area contributed by atoms with Crippen LogP contribution in [0.4, 0.5) is 5.69 Å². The molecule has 0 radical (unpaired) electrons. The van der Waals surface area contributed by atoms with Gasteiger partial charge in [0.1, 0.15) is 12.3 Å². The normalized spacial score (nSPS) is 10.5. The van der Waals surface area contributed by atoms with Crippen molar-refractivity contribution in [2.24, 2.45) is 0 Å². The molecule has 0 saturated heterocycles. The lowest BCUT2D eigenvalue weighted by Gasteiger charge is -2.10. The molecule has 0 atom stereocenters. The molecule has 138 valence electrons. The maximum absolute atomic E-state index is 12.4. The van der Waals surface area contributed by atoms with Gasteiger partial charge in [0.05, 0.1) is 12.8 Å². The van der Waals surface area contributed by atoms with Gasteiger partial charge in [0, 0.05) is 22.3 Å². The summed E-state index contributed by atoms with van der Waals surface area (Å²) >= 11 is 5.97. The minimum absolute atomic E-state index is 0.200. The number of nitrogens with one attached hydrogen (secondary N) is 1. The molecule has 0 saturated carbocycles. The highest BCUT2D eigenvalue weighted by Gasteiger charge is 2.10. The number of amides is 1. The number of rotatable bonds is 5. The van der Waals surface area contributed by atoms with Gasteiger partial charge in [-0.05, 0) is 55.0 Å². The van der Waals surface area contributed by atoms with Crippen LogP contribution in [0.2, 0.25) is 5.02 Å². The fourth-order valence-corrected chi connectivity index (χ4v) is 2.70. The van der Waals surface area contributed by atoms with E-state index in [0.717, 1.165) is 21.6 Å². The molecule has 1 N–H and O–H groups in total. The van der Waals surface area contributed by atoms with Crippen LogP contribution < -0.4 is 15.6 Å². The number of ether oxygens (including phenoxy) is 1. The van der Waals surface area contributed by atoms with Gasteiger partial charge in [0.2, 0.25) is 5.91 Å². The number of hydrogen-bond acceptors (Lipinski definition) is 4. The van der Waals surface area contributed by atoms with E-state index in [4.69, 9.17) is 16.3 Å². The summed E-state index contributed by atoms with van der Waals surface area (Å²) in [5.41, 5.74) is 2.52. The van der Waals surface area contributed by atoms with E-state index < -0.39 is 0 Å². The second-order valence-corrected chi connectivity index (χ2v) is 6.39. The van der Waals surface area contributed by atoms with Crippen LogP contribution in [-0.2, 0) is 11.3 Å². The summed E-state index contributed by atoms with van der Waals surface area (Å²) in [6.07, 6.45) is 0. The lowest BCUT2D eigenvalue weighted by atomic mass is 10.1. The van der Waals surface area contributed by atoms with Crippen molar-refractivity contribution in [3.63, 3.8) is 0 Å². The number of carbonyl (C=O) groups excluding carboxylic acids is 1. The summed E-state index contributed by atoms with van der Waals surface area (Å²) < 4.78 is 6.27. The fraction of sp³-hybridized carbons (Fsp3) is 0.150. The number of halogens is 1. The van der Waals surface area contributed by atoms with Gasteiger partial charge in [0.15, 0.2) is 0 Å². The van der Waals surface area contributed by atoms with E-state index in [1.165, 1.54) is 6.07 Å². The molecule has 0 bridgehead atoms. The minimum atomic E-state index is -0.359. The molecule has 1 aromatic heterocycles. The van der Waals surface area contributed by atoms with E-state index in [1.807, 2.05) is 25.1 Å². The first-order chi connectivity index (χ1) is 13.0. The van der Waals surface area contributed by atoms with Crippen molar-refractivity contribution >= 4 is 23.2 Å². The summed E-state index contributed by atoms with van der Waals surface area (Å²) in [5.74, 6) is 0.366. The Hall–Kier alpha value is -3.12. The Morgan fingerprint density at radius 2 is 1.89 bits per heavy atom. The summed E-state index contributed by atoms with van der Waals surface area (Å²) in [5, 5.41) is 7.58. The van der Waals surface area contributed by atoms with Crippen LogP contribution >= 0.6 is 11.6 Å². The zero-order valence-corrected chi connectivity index (χ0v) is 15.7. The maximum atomic E-state index is 12.4. The summed E-state index contributed by atoms with van der Waals surface area (Å²) in [6, 6.07) is 15.5. The molecule has 0 aliphatic heterocycles. The lowest BCUT2D eigenvalue weighted by Crippen LogP contribution is -2.29. The number of nitrogens with zero attached hydrogens (tertiary/aromatic N) is 2. The van der Waals surface area contributed by atoms with E-state index in [-0.39, 0.29) is 18.0 Å². The highest BCUT2D eigenvalue weighted by atomic mass is 35.5. The zero-order chi connectivity index (χ0) is 19.4. The minimum Gasteiger partial charge on any atom is -0.497 e. The Balaban J connectivity index is 1.80. The molecule has 0 aliphatic rings. The quantitative estimate of drug-likeness (QED) is 0.731. The molecule has 0 fully saturated rings. The smallest absolute Gasteiger partial charge is 0.267 e. The Labute approximate surface area is 161 Å². The molecule has 3 aromatic rings. The average Bonchev–Trinajstić information content (AvgIpc) is 2.66. The third-order valence-electron chi connectivity index (χ3n) is 4.02. The Bertz CT molecular complexity index is 1030. The SMILES string of the molecule is COc1ccc(-c2ccc(=O)n(CC(=O)Nc3cc(Cl)ccc3C)n2)cc1. The van der Waals surface area contributed by atoms with Crippen molar-refractivity contribution in [1.29, 1.82) is 0 Å². The van der Waals surface area contributed by atoms with Gasteiger partial charge in [-0.15, -0.1) is 0 Å². The lowest BCUT2D eigenvalue weighted by molar-refractivity contribution is -0.117. The van der Waals surface area contributed by atoms with E-state index in [9.17, 15) is 9.59 Å². The molecule has 1 heterocycles. The molecule has 6 nitrogen and oxygen atoms in total. The Morgan fingerprint density at radius 3 is 2.59 bits per heavy atom. The van der Waals surface area contributed by atoms with Crippen molar-refractivity contribution in [2.45, 2.75) is 13.5 Å². The molecule has 27 heavy (non-hydrogen) atoms. The van der Waals surface area contributed by atoms with Crippen LogP contribution in [0.15, 0.2) is 59.4 Å². The van der Waals surface area contributed by atoms with Crippen LogP contribution in [0, 0.1) is 6.92 Å². The number of benzene rings is 2. The molecule has 0 spiro atoms. The van der Waals surface area contributed by atoms with Gasteiger partial charge in [-0.3, -0.25) is 9.59 Å². The van der Waals surface area contributed by atoms with Gasteiger partial charge in [0.25, 0.3) is 5.56 Å². The van der Waals surface area contributed by atoms with Crippen molar-refractivity contribution in [2.75, 3.05) is 12.4 Å². The highest BCUT2D eigenvalue weighted by molar-refractivity contribution is 6.31. The van der Waals surface area contributed by atoms with Gasteiger partial charge in [-0.25, -0.2) is 4.68 Å². The molecule has 0 aliphatic carbocycles. The number of carbonyl (C=O) groups is 1. The molecular weight excluding hydrogens is 366 g/mol. The summed E-state index contributed by atoms with van der Waals surface area (Å²) in [7, 11) is 1.59.